The van der Waals surface area contributed by atoms with Crippen molar-refractivity contribution in [1.82, 2.24) is 10.3 Å². The molecule has 0 bridgehead atoms. The van der Waals surface area contributed by atoms with Crippen LogP contribution in [-0.2, 0) is 17.9 Å². The molecule has 0 aliphatic heterocycles. The summed E-state index contributed by atoms with van der Waals surface area (Å²) in [5, 5.41) is 5.96. The second-order valence-corrected chi connectivity index (χ2v) is 5.55. The van der Waals surface area contributed by atoms with Gasteiger partial charge >= 0.3 is 0 Å². The molecule has 1 heterocycles. The van der Waals surface area contributed by atoms with Gasteiger partial charge in [-0.25, -0.2) is 9.37 Å². The van der Waals surface area contributed by atoms with Crippen LogP contribution in [0.1, 0.15) is 16.3 Å². The van der Waals surface area contributed by atoms with Crippen LogP contribution in [0.5, 0.6) is 5.75 Å². The third-order valence-electron chi connectivity index (χ3n) is 2.83. The molecular formula is C15H19FN2O2S. The number of aryl methyl sites for hydroxylation is 1. The second kappa shape index (κ2) is 8.07. The molecule has 2 rings (SSSR count). The lowest BCUT2D eigenvalue weighted by Crippen LogP contribution is -2.18. The van der Waals surface area contributed by atoms with Crippen LogP contribution in [0.3, 0.4) is 0 Å². The Balaban J connectivity index is 1.86. The van der Waals surface area contributed by atoms with Gasteiger partial charge in [-0.05, 0) is 24.6 Å². The van der Waals surface area contributed by atoms with Gasteiger partial charge in [0.25, 0.3) is 0 Å². The Hall–Kier alpha value is -1.50. The van der Waals surface area contributed by atoms with Crippen molar-refractivity contribution in [3.05, 3.63) is 45.7 Å². The van der Waals surface area contributed by atoms with Crippen molar-refractivity contribution in [1.29, 1.82) is 0 Å². The van der Waals surface area contributed by atoms with E-state index < -0.39 is 0 Å². The third kappa shape index (κ3) is 5.08. The van der Waals surface area contributed by atoms with Crippen LogP contribution >= 0.6 is 11.3 Å². The van der Waals surface area contributed by atoms with Gasteiger partial charge in [0.1, 0.15) is 11.6 Å². The molecule has 21 heavy (non-hydrogen) atoms. The maximum Gasteiger partial charge on any atom is 0.165 e. The van der Waals surface area contributed by atoms with Crippen LogP contribution in [-0.4, -0.2) is 25.2 Å². The quantitative estimate of drug-likeness (QED) is 0.761. The summed E-state index contributed by atoms with van der Waals surface area (Å²) in [6.45, 7) is 4.19. The van der Waals surface area contributed by atoms with Crippen molar-refractivity contribution in [3.8, 4) is 5.75 Å². The fourth-order valence-electron chi connectivity index (χ4n) is 1.79. The average molecular weight is 310 g/mol. The van der Waals surface area contributed by atoms with Crippen molar-refractivity contribution in [2.24, 2.45) is 0 Å². The van der Waals surface area contributed by atoms with Crippen LogP contribution < -0.4 is 10.1 Å². The standard InChI is InChI=1S/C15H19FN2O2S/c1-11-10-21-15(18-11)9-20-14-4-3-12(7-13(14)16)8-17-5-6-19-2/h3-4,7,10,17H,5-6,8-9H2,1-2H3. The summed E-state index contributed by atoms with van der Waals surface area (Å²) < 4.78 is 24.3. The molecule has 0 amide bonds. The van der Waals surface area contributed by atoms with Gasteiger partial charge in [0.05, 0.1) is 6.61 Å². The summed E-state index contributed by atoms with van der Waals surface area (Å²) in [7, 11) is 1.65. The van der Waals surface area contributed by atoms with Crippen molar-refractivity contribution >= 4 is 11.3 Å². The summed E-state index contributed by atoms with van der Waals surface area (Å²) in [5.41, 5.74) is 1.83. The fraction of sp³-hybridized carbons (Fsp3) is 0.400. The van der Waals surface area contributed by atoms with E-state index in [1.165, 1.54) is 17.4 Å². The highest BCUT2D eigenvalue weighted by Gasteiger charge is 2.06. The SMILES string of the molecule is COCCNCc1ccc(OCc2nc(C)cs2)c(F)c1. The molecule has 0 fully saturated rings. The molecule has 114 valence electrons. The number of halogens is 1. The molecule has 6 heteroatoms. The lowest BCUT2D eigenvalue weighted by molar-refractivity contribution is 0.199. The Kier molecular flexibility index (Phi) is 6.10. The first-order valence-electron chi connectivity index (χ1n) is 6.71. The Morgan fingerprint density at radius 2 is 2.24 bits per heavy atom. The normalized spacial score (nSPS) is 10.8. The molecule has 0 saturated carbocycles. The number of methoxy groups -OCH3 is 1. The summed E-state index contributed by atoms with van der Waals surface area (Å²) in [4.78, 5) is 4.28. The maximum absolute atomic E-state index is 13.9. The second-order valence-electron chi connectivity index (χ2n) is 4.61. The van der Waals surface area contributed by atoms with Gasteiger partial charge < -0.3 is 14.8 Å². The van der Waals surface area contributed by atoms with Gasteiger partial charge in [-0.15, -0.1) is 11.3 Å². The number of benzene rings is 1. The lowest BCUT2D eigenvalue weighted by atomic mass is 10.2. The number of nitrogens with zero attached hydrogens (tertiary/aromatic N) is 1. The molecule has 1 aromatic heterocycles. The first kappa shape index (κ1) is 15.9. The minimum absolute atomic E-state index is 0.253. The first-order chi connectivity index (χ1) is 10.2. The van der Waals surface area contributed by atoms with Crippen LogP contribution in [0, 0.1) is 12.7 Å². The van der Waals surface area contributed by atoms with Gasteiger partial charge in [-0.1, -0.05) is 6.07 Å². The van der Waals surface area contributed by atoms with Crippen molar-refractivity contribution < 1.29 is 13.9 Å². The number of rotatable bonds is 8. The summed E-state index contributed by atoms with van der Waals surface area (Å²) in [5.74, 6) is -0.0992. The van der Waals surface area contributed by atoms with Gasteiger partial charge in [-0.2, -0.15) is 0 Å². The molecule has 0 unspecified atom stereocenters. The van der Waals surface area contributed by atoms with Crippen LogP contribution in [0.4, 0.5) is 4.39 Å². The van der Waals surface area contributed by atoms with Gasteiger partial charge in [0, 0.05) is 31.3 Å². The minimum atomic E-state index is -0.352. The molecule has 4 nitrogen and oxygen atoms in total. The molecule has 0 radical (unpaired) electrons. The average Bonchev–Trinajstić information content (AvgIpc) is 2.88. The van der Waals surface area contributed by atoms with Gasteiger partial charge in [0.2, 0.25) is 0 Å². The zero-order valence-corrected chi connectivity index (χ0v) is 13.0. The van der Waals surface area contributed by atoms with E-state index in [0.717, 1.165) is 22.8 Å². The largest absolute Gasteiger partial charge is 0.483 e. The highest BCUT2D eigenvalue weighted by atomic mass is 32.1. The van der Waals surface area contributed by atoms with E-state index >= 15 is 0 Å². The van der Waals surface area contributed by atoms with E-state index in [2.05, 4.69) is 10.3 Å². The van der Waals surface area contributed by atoms with E-state index in [1.54, 1.807) is 13.2 Å². The Morgan fingerprint density at radius 1 is 1.38 bits per heavy atom. The smallest absolute Gasteiger partial charge is 0.165 e. The number of thiazole rings is 1. The van der Waals surface area contributed by atoms with E-state index in [0.29, 0.717) is 19.8 Å². The Morgan fingerprint density at radius 3 is 2.90 bits per heavy atom. The molecule has 1 aromatic carbocycles. The highest BCUT2D eigenvalue weighted by Crippen LogP contribution is 2.20. The van der Waals surface area contributed by atoms with Crippen molar-refractivity contribution in [2.75, 3.05) is 20.3 Å². The van der Waals surface area contributed by atoms with Crippen molar-refractivity contribution in [2.45, 2.75) is 20.1 Å². The Bertz CT molecular complexity index is 575. The summed E-state index contributed by atoms with van der Waals surface area (Å²) in [6, 6.07) is 5.00. The maximum atomic E-state index is 13.9. The van der Waals surface area contributed by atoms with E-state index in [1.807, 2.05) is 18.4 Å². The third-order valence-corrected chi connectivity index (χ3v) is 3.77. The zero-order chi connectivity index (χ0) is 15.1. The predicted molar refractivity (Wildman–Crippen MR) is 81.2 cm³/mol. The summed E-state index contributed by atoms with van der Waals surface area (Å²) >= 11 is 1.51. The van der Waals surface area contributed by atoms with Crippen LogP contribution in [0.25, 0.3) is 0 Å². The van der Waals surface area contributed by atoms with E-state index in [-0.39, 0.29) is 11.6 Å². The van der Waals surface area contributed by atoms with Crippen LogP contribution in [0.15, 0.2) is 23.6 Å². The number of aromatic nitrogens is 1. The highest BCUT2D eigenvalue weighted by molar-refractivity contribution is 7.09. The molecule has 0 atom stereocenters. The van der Waals surface area contributed by atoms with E-state index in [9.17, 15) is 4.39 Å². The molecule has 0 spiro atoms. The predicted octanol–water partition coefficient (Wildman–Crippen LogP) is 2.91. The van der Waals surface area contributed by atoms with Crippen molar-refractivity contribution in [3.63, 3.8) is 0 Å². The molecule has 0 saturated heterocycles. The van der Waals surface area contributed by atoms with E-state index in [4.69, 9.17) is 9.47 Å². The minimum Gasteiger partial charge on any atom is -0.483 e. The number of nitrogens with one attached hydrogen (secondary N) is 1. The molecule has 0 aliphatic carbocycles. The molecule has 2 aromatic rings. The zero-order valence-electron chi connectivity index (χ0n) is 12.2. The number of ether oxygens (including phenoxy) is 2. The van der Waals surface area contributed by atoms with Gasteiger partial charge in [0.15, 0.2) is 11.6 Å². The molecular weight excluding hydrogens is 291 g/mol. The topological polar surface area (TPSA) is 43.4 Å². The monoisotopic (exact) mass is 310 g/mol. The number of hydrogen-bond acceptors (Lipinski definition) is 5. The van der Waals surface area contributed by atoms with Crippen LogP contribution in [0.2, 0.25) is 0 Å². The number of hydrogen-bond donors (Lipinski definition) is 1. The first-order valence-corrected chi connectivity index (χ1v) is 7.59. The summed E-state index contributed by atoms with van der Waals surface area (Å²) in [6.07, 6.45) is 0. The Labute approximate surface area is 127 Å². The molecule has 1 N–H and O–H groups in total. The van der Waals surface area contributed by atoms with Gasteiger partial charge in [-0.3, -0.25) is 0 Å². The lowest BCUT2D eigenvalue weighted by Gasteiger charge is -2.08. The molecule has 0 aliphatic rings. The fourth-order valence-corrected chi connectivity index (χ4v) is 2.47.